The van der Waals surface area contributed by atoms with Crippen LogP contribution in [0.25, 0.3) is 0 Å². The molecule has 2 N–H and O–H groups in total. The number of aryl methyl sites for hydroxylation is 1. The van der Waals surface area contributed by atoms with E-state index >= 15 is 0 Å². The normalized spacial score (nSPS) is 10.9. The van der Waals surface area contributed by atoms with E-state index in [1.807, 2.05) is 0 Å². The zero-order valence-corrected chi connectivity index (χ0v) is 11.0. The second kappa shape index (κ2) is 5.90. The van der Waals surface area contributed by atoms with Crippen molar-refractivity contribution in [3.63, 3.8) is 0 Å². The predicted molar refractivity (Wildman–Crippen MR) is 71.8 cm³/mol. The lowest BCUT2D eigenvalue weighted by Crippen LogP contribution is -2.30. The largest absolute Gasteiger partial charge is 0.372 e. The van der Waals surface area contributed by atoms with Crippen LogP contribution in [0.2, 0.25) is 0 Å². The van der Waals surface area contributed by atoms with E-state index in [4.69, 9.17) is 5.73 Å². The van der Waals surface area contributed by atoms with Crippen molar-refractivity contribution in [2.75, 3.05) is 11.9 Å². The van der Waals surface area contributed by atoms with Gasteiger partial charge in [0.2, 0.25) is 0 Å². The van der Waals surface area contributed by atoms with Crippen LogP contribution in [0.5, 0.6) is 0 Å². The molecular formula is C14H24N2. The summed E-state index contributed by atoms with van der Waals surface area (Å²) in [5, 5.41) is 0. The molecule has 0 aromatic heterocycles. The first-order valence-corrected chi connectivity index (χ1v) is 6.16. The Balaban J connectivity index is 2.91. The molecule has 0 aliphatic rings. The van der Waals surface area contributed by atoms with E-state index in [9.17, 15) is 0 Å². The minimum absolute atomic E-state index is 0.626. The molecule has 1 aromatic rings. The van der Waals surface area contributed by atoms with E-state index < -0.39 is 0 Å². The Morgan fingerprint density at radius 2 is 1.88 bits per heavy atom. The van der Waals surface area contributed by atoms with Crippen LogP contribution in [-0.2, 0) is 6.54 Å². The van der Waals surface area contributed by atoms with Gasteiger partial charge in [0.05, 0.1) is 0 Å². The lowest BCUT2D eigenvalue weighted by molar-refractivity contribution is 0.591. The van der Waals surface area contributed by atoms with E-state index in [0.29, 0.717) is 12.6 Å². The Bertz CT molecular complexity index is 330. The van der Waals surface area contributed by atoms with Crippen molar-refractivity contribution in [2.45, 2.75) is 46.2 Å². The van der Waals surface area contributed by atoms with Crippen LogP contribution < -0.4 is 10.6 Å². The maximum atomic E-state index is 5.68. The first-order valence-electron chi connectivity index (χ1n) is 6.16. The minimum atomic E-state index is 0.626. The average molecular weight is 220 g/mol. The molecule has 0 saturated carbocycles. The molecule has 1 aromatic carbocycles. The molecule has 2 nitrogen and oxygen atoms in total. The molecule has 0 aliphatic heterocycles. The lowest BCUT2D eigenvalue weighted by atomic mass is 10.1. The van der Waals surface area contributed by atoms with Crippen molar-refractivity contribution in [3.05, 3.63) is 29.3 Å². The molecule has 0 atom stereocenters. The Kier molecular flexibility index (Phi) is 4.81. The number of nitrogens with two attached hydrogens (primary N) is 1. The summed E-state index contributed by atoms with van der Waals surface area (Å²) in [7, 11) is 2.18. The van der Waals surface area contributed by atoms with E-state index in [1.54, 1.807) is 0 Å². The van der Waals surface area contributed by atoms with Gasteiger partial charge in [-0.2, -0.15) is 0 Å². The molecule has 0 fully saturated rings. The molecule has 16 heavy (non-hydrogen) atoms. The molecule has 0 amide bonds. The van der Waals surface area contributed by atoms with Gasteiger partial charge in [0.25, 0.3) is 0 Å². The van der Waals surface area contributed by atoms with Crippen LogP contribution in [0.15, 0.2) is 18.2 Å². The monoisotopic (exact) mass is 220 g/mol. The molecule has 0 unspecified atom stereocenters. The SMILES string of the molecule is CCC(CC)N(C)c1ccc(CN)c(C)c1. The third kappa shape index (κ3) is 2.76. The van der Waals surface area contributed by atoms with E-state index in [1.165, 1.54) is 29.7 Å². The predicted octanol–water partition coefficient (Wildman–Crippen LogP) is 3.08. The van der Waals surface area contributed by atoms with Gasteiger partial charge in [-0.05, 0) is 43.0 Å². The number of anilines is 1. The van der Waals surface area contributed by atoms with Crippen LogP contribution >= 0.6 is 0 Å². The van der Waals surface area contributed by atoms with Crippen molar-refractivity contribution < 1.29 is 0 Å². The van der Waals surface area contributed by atoms with Crippen LogP contribution in [-0.4, -0.2) is 13.1 Å². The van der Waals surface area contributed by atoms with Gasteiger partial charge >= 0.3 is 0 Å². The molecule has 0 bridgehead atoms. The number of nitrogens with zero attached hydrogens (tertiary/aromatic N) is 1. The summed E-state index contributed by atoms with van der Waals surface area (Å²) in [6, 6.07) is 7.18. The quantitative estimate of drug-likeness (QED) is 0.826. The zero-order valence-electron chi connectivity index (χ0n) is 11.0. The molecule has 0 saturated heterocycles. The summed E-state index contributed by atoms with van der Waals surface area (Å²) >= 11 is 0. The second-order valence-corrected chi connectivity index (χ2v) is 4.40. The molecule has 90 valence electrons. The Morgan fingerprint density at radius 3 is 2.31 bits per heavy atom. The van der Waals surface area contributed by atoms with E-state index in [2.05, 4.69) is 50.9 Å². The summed E-state index contributed by atoms with van der Waals surface area (Å²) in [5.41, 5.74) is 9.50. The fourth-order valence-corrected chi connectivity index (χ4v) is 2.18. The maximum absolute atomic E-state index is 5.68. The molecule has 1 rings (SSSR count). The summed E-state index contributed by atoms with van der Waals surface area (Å²) < 4.78 is 0. The number of benzene rings is 1. The molecule has 0 radical (unpaired) electrons. The number of hydrogen-bond donors (Lipinski definition) is 1. The first-order chi connectivity index (χ1) is 7.63. The standard InChI is InChI=1S/C14H24N2/c1-5-13(6-2)16(4)14-8-7-12(10-15)11(3)9-14/h7-9,13H,5-6,10,15H2,1-4H3. The Hall–Kier alpha value is -1.02. The third-order valence-electron chi connectivity index (χ3n) is 3.44. The van der Waals surface area contributed by atoms with Crippen molar-refractivity contribution in [3.8, 4) is 0 Å². The van der Waals surface area contributed by atoms with Crippen LogP contribution in [0.3, 0.4) is 0 Å². The smallest absolute Gasteiger partial charge is 0.0368 e. The minimum Gasteiger partial charge on any atom is -0.372 e. The van der Waals surface area contributed by atoms with Crippen molar-refractivity contribution in [1.29, 1.82) is 0 Å². The summed E-state index contributed by atoms with van der Waals surface area (Å²) in [5.74, 6) is 0. The van der Waals surface area contributed by atoms with Gasteiger partial charge in [-0.25, -0.2) is 0 Å². The molecule has 0 aliphatic carbocycles. The molecule has 0 heterocycles. The lowest BCUT2D eigenvalue weighted by Gasteiger charge is -2.29. The Morgan fingerprint density at radius 1 is 1.25 bits per heavy atom. The number of hydrogen-bond acceptors (Lipinski definition) is 2. The van der Waals surface area contributed by atoms with Crippen molar-refractivity contribution >= 4 is 5.69 Å². The number of rotatable bonds is 5. The highest BCUT2D eigenvalue weighted by Crippen LogP contribution is 2.21. The van der Waals surface area contributed by atoms with Gasteiger partial charge in [0.1, 0.15) is 0 Å². The Labute approximate surface area is 99.5 Å². The van der Waals surface area contributed by atoms with Gasteiger partial charge in [-0.3, -0.25) is 0 Å². The van der Waals surface area contributed by atoms with Gasteiger partial charge < -0.3 is 10.6 Å². The maximum Gasteiger partial charge on any atom is 0.0368 e. The molecule has 2 heteroatoms. The van der Waals surface area contributed by atoms with E-state index in [0.717, 1.165) is 0 Å². The van der Waals surface area contributed by atoms with E-state index in [-0.39, 0.29) is 0 Å². The van der Waals surface area contributed by atoms with Gasteiger partial charge in [0, 0.05) is 25.3 Å². The van der Waals surface area contributed by atoms with Crippen molar-refractivity contribution in [2.24, 2.45) is 5.73 Å². The fraction of sp³-hybridized carbons (Fsp3) is 0.571. The van der Waals surface area contributed by atoms with Gasteiger partial charge in [-0.15, -0.1) is 0 Å². The highest BCUT2D eigenvalue weighted by Gasteiger charge is 2.11. The average Bonchev–Trinajstić information content (AvgIpc) is 2.30. The van der Waals surface area contributed by atoms with Crippen molar-refractivity contribution in [1.82, 2.24) is 0 Å². The summed E-state index contributed by atoms with van der Waals surface area (Å²) in [6.07, 6.45) is 2.37. The van der Waals surface area contributed by atoms with Crippen LogP contribution in [0, 0.1) is 6.92 Å². The van der Waals surface area contributed by atoms with Crippen LogP contribution in [0.4, 0.5) is 5.69 Å². The third-order valence-corrected chi connectivity index (χ3v) is 3.44. The molecule has 0 spiro atoms. The van der Waals surface area contributed by atoms with Crippen LogP contribution in [0.1, 0.15) is 37.8 Å². The zero-order chi connectivity index (χ0) is 12.1. The second-order valence-electron chi connectivity index (χ2n) is 4.40. The van der Waals surface area contributed by atoms with Gasteiger partial charge in [0.15, 0.2) is 0 Å². The summed E-state index contributed by atoms with van der Waals surface area (Å²) in [6.45, 7) is 7.24. The molecular weight excluding hydrogens is 196 g/mol. The summed E-state index contributed by atoms with van der Waals surface area (Å²) in [4.78, 5) is 2.37. The van der Waals surface area contributed by atoms with Gasteiger partial charge in [-0.1, -0.05) is 19.9 Å². The fourth-order valence-electron chi connectivity index (χ4n) is 2.18. The first kappa shape index (κ1) is 13.0. The highest BCUT2D eigenvalue weighted by atomic mass is 15.1. The highest BCUT2D eigenvalue weighted by molar-refractivity contribution is 5.51. The topological polar surface area (TPSA) is 29.3 Å².